The van der Waals surface area contributed by atoms with Gasteiger partial charge in [-0.3, -0.25) is 14.3 Å². The number of carbonyl (C=O) groups is 2. The van der Waals surface area contributed by atoms with Crippen molar-refractivity contribution in [1.29, 1.82) is 0 Å². The zero-order valence-corrected chi connectivity index (χ0v) is 15.2. The van der Waals surface area contributed by atoms with Gasteiger partial charge in [0.25, 0.3) is 10.0 Å². The minimum absolute atomic E-state index is 0.0427. The molecule has 2 N–H and O–H groups in total. The molecule has 9 heteroatoms. The maximum atomic E-state index is 13.4. The highest BCUT2D eigenvalue weighted by Gasteiger charge is 2.35. The molecule has 7 nitrogen and oxygen atoms in total. The number of nitrogens with zero attached hydrogens (tertiary/aromatic N) is 1. The molecule has 1 atom stereocenters. The highest BCUT2D eigenvalue weighted by Crippen LogP contribution is 2.27. The van der Waals surface area contributed by atoms with Crippen LogP contribution in [-0.2, 0) is 19.6 Å². The largest absolute Gasteiger partial charge is 0.481 e. The van der Waals surface area contributed by atoms with Gasteiger partial charge in [-0.05, 0) is 48.9 Å². The third-order valence-electron chi connectivity index (χ3n) is 4.38. The Morgan fingerprint density at radius 1 is 1.22 bits per heavy atom. The van der Waals surface area contributed by atoms with E-state index in [1.165, 1.54) is 41.3 Å². The van der Waals surface area contributed by atoms with E-state index in [2.05, 4.69) is 4.72 Å². The number of nitrogens with one attached hydrogen (secondary N) is 1. The number of carboxylic acids is 1. The van der Waals surface area contributed by atoms with Gasteiger partial charge < -0.3 is 10.0 Å². The molecule has 1 saturated heterocycles. The van der Waals surface area contributed by atoms with E-state index in [1.807, 2.05) is 0 Å². The van der Waals surface area contributed by atoms with Gasteiger partial charge in [-0.15, -0.1) is 0 Å². The average Bonchev–Trinajstić information content (AvgIpc) is 3.00. The summed E-state index contributed by atoms with van der Waals surface area (Å²) in [5.41, 5.74) is 1.13. The summed E-state index contributed by atoms with van der Waals surface area (Å²) in [5, 5.41) is 9.04. The second-order valence-electron chi connectivity index (χ2n) is 6.30. The molecule has 142 valence electrons. The summed E-state index contributed by atoms with van der Waals surface area (Å²) in [7, 11) is -3.94. The Hall–Kier alpha value is -2.94. The zero-order chi connectivity index (χ0) is 19.8. The highest BCUT2D eigenvalue weighted by atomic mass is 32.2. The van der Waals surface area contributed by atoms with Crippen LogP contribution in [0.4, 0.5) is 15.8 Å². The Morgan fingerprint density at radius 2 is 1.89 bits per heavy atom. The Kier molecular flexibility index (Phi) is 4.88. The second-order valence-corrected chi connectivity index (χ2v) is 7.98. The van der Waals surface area contributed by atoms with Crippen molar-refractivity contribution in [3.05, 3.63) is 53.8 Å². The normalized spacial score (nSPS) is 17.2. The van der Waals surface area contributed by atoms with Crippen LogP contribution in [0.15, 0.2) is 47.4 Å². The molecule has 0 aliphatic carbocycles. The number of carboxylic acid groups (broad SMARTS) is 1. The van der Waals surface area contributed by atoms with Crippen LogP contribution in [0.25, 0.3) is 0 Å². The van der Waals surface area contributed by atoms with Crippen LogP contribution in [0.5, 0.6) is 0 Å². The number of carbonyl (C=O) groups excluding carboxylic acids is 1. The van der Waals surface area contributed by atoms with Gasteiger partial charge in [0.15, 0.2) is 0 Å². The van der Waals surface area contributed by atoms with Crippen LogP contribution < -0.4 is 9.62 Å². The van der Waals surface area contributed by atoms with E-state index < -0.39 is 27.7 Å². The van der Waals surface area contributed by atoms with Crippen LogP contribution in [-0.4, -0.2) is 31.9 Å². The number of sulfonamides is 1. The number of hydrogen-bond acceptors (Lipinski definition) is 4. The second kappa shape index (κ2) is 6.99. The predicted octanol–water partition coefficient (Wildman–Crippen LogP) is 2.37. The molecule has 0 radical (unpaired) electrons. The molecule has 3 rings (SSSR count). The third kappa shape index (κ3) is 3.92. The SMILES string of the molecule is Cc1ccc(F)cc1NS(=O)(=O)c1ccc(N2C[C@@H](C(=O)O)CC2=O)cc1. The van der Waals surface area contributed by atoms with Crippen LogP contribution >= 0.6 is 0 Å². The van der Waals surface area contributed by atoms with Gasteiger partial charge in [0.1, 0.15) is 5.82 Å². The van der Waals surface area contributed by atoms with Crippen molar-refractivity contribution >= 4 is 33.3 Å². The van der Waals surface area contributed by atoms with Crippen molar-refractivity contribution in [3.8, 4) is 0 Å². The van der Waals surface area contributed by atoms with Gasteiger partial charge in [0.05, 0.1) is 16.5 Å². The molecular formula is C18H17FN2O5S. The van der Waals surface area contributed by atoms with E-state index in [4.69, 9.17) is 5.11 Å². The number of benzene rings is 2. The van der Waals surface area contributed by atoms with Gasteiger partial charge >= 0.3 is 5.97 Å². The Balaban J connectivity index is 1.81. The number of halogens is 1. The first-order chi connectivity index (χ1) is 12.7. The fraction of sp³-hybridized carbons (Fsp3) is 0.222. The lowest BCUT2D eigenvalue weighted by Crippen LogP contribution is -2.25. The molecule has 1 aliphatic heterocycles. The summed E-state index contributed by atoms with van der Waals surface area (Å²) in [6.07, 6.45) is -0.0875. The number of anilines is 2. The summed E-state index contributed by atoms with van der Waals surface area (Å²) in [4.78, 5) is 24.3. The number of rotatable bonds is 5. The maximum absolute atomic E-state index is 13.4. The Morgan fingerprint density at radius 3 is 2.48 bits per heavy atom. The molecule has 0 bridgehead atoms. The van der Waals surface area contributed by atoms with Gasteiger partial charge in [-0.1, -0.05) is 6.07 Å². The molecule has 2 aromatic rings. The first-order valence-corrected chi connectivity index (χ1v) is 9.58. The average molecular weight is 392 g/mol. The lowest BCUT2D eigenvalue weighted by molar-refractivity contribution is -0.141. The molecule has 1 amide bonds. The van der Waals surface area contributed by atoms with Gasteiger partial charge in [0, 0.05) is 18.7 Å². The molecule has 27 heavy (non-hydrogen) atoms. The summed E-state index contributed by atoms with van der Waals surface area (Å²) >= 11 is 0. The van der Waals surface area contributed by atoms with E-state index in [-0.39, 0.29) is 29.5 Å². The monoisotopic (exact) mass is 392 g/mol. The van der Waals surface area contributed by atoms with Crippen molar-refractivity contribution < 1.29 is 27.5 Å². The molecule has 2 aromatic carbocycles. The molecule has 0 unspecified atom stereocenters. The number of aryl methyl sites for hydroxylation is 1. The van der Waals surface area contributed by atoms with E-state index >= 15 is 0 Å². The molecular weight excluding hydrogens is 375 g/mol. The molecule has 1 fully saturated rings. The number of hydrogen-bond donors (Lipinski definition) is 2. The summed E-state index contributed by atoms with van der Waals surface area (Å²) in [5.74, 6) is -2.71. The van der Waals surface area contributed by atoms with Crippen molar-refractivity contribution in [2.75, 3.05) is 16.2 Å². The van der Waals surface area contributed by atoms with Crippen molar-refractivity contribution in [1.82, 2.24) is 0 Å². The fourth-order valence-electron chi connectivity index (χ4n) is 2.84. The zero-order valence-electron chi connectivity index (χ0n) is 14.3. The van der Waals surface area contributed by atoms with Crippen molar-refractivity contribution in [2.24, 2.45) is 5.92 Å². The summed E-state index contributed by atoms with van der Waals surface area (Å²) in [6.45, 7) is 1.69. The molecule has 0 spiro atoms. The maximum Gasteiger partial charge on any atom is 0.308 e. The van der Waals surface area contributed by atoms with Crippen LogP contribution in [0.1, 0.15) is 12.0 Å². The number of amides is 1. The quantitative estimate of drug-likeness (QED) is 0.813. The van der Waals surface area contributed by atoms with E-state index in [0.717, 1.165) is 6.07 Å². The highest BCUT2D eigenvalue weighted by molar-refractivity contribution is 7.92. The first-order valence-electron chi connectivity index (χ1n) is 8.09. The van der Waals surface area contributed by atoms with Crippen LogP contribution in [0.2, 0.25) is 0 Å². The number of aliphatic carboxylic acids is 1. The molecule has 0 saturated carbocycles. The van der Waals surface area contributed by atoms with E-state index in [9.17, 15) is 22.4 Å². The smallest absolute Gasteiger partial charge is 0.308 e. The van der Waals surface area contributed by atoms with E-state index in [1.54, 1.807) is 6.92 Å². The molecule has 1 heterocycles. The van der Waals surface area contributed by atoms with Gasteiger partial charge in [-0.25, -0.2) is 12.8 Å². The standard InChI is InChI=1S/C18H17FN2O5S/c1-11-2-3-13(19)9-16(11)20-27(25,26)15-6-4-14(5-7-15)21-10-12(18(23)24)8-17(21)22/h2-7,9,12,20H,8,10H2,1H3,(H,23,24)/t12-/m0/s1. The van der Waals surface area contributed by atoms with Gasteiger partial charge in [0.2, 0.25) is 5.91 Å². The molecule has 0 aromatic heterocycles. The lowest BCUT2D eigenvalue weighted by atomic mass is 10.1. The Bertz CT molecular complexity index is 1000. The minimum atomic E-state index is -3.94. The third-order valence-corrected chi connectivity index (χ3v) is 5.76. The van der Waals surface area contributed by atoms with Crippen molar-refractivity contribution in [3.63, 3.8) is 0 Å². The minimum Gasteiger partial charge on any atom is -0.481 e. The lowest BCUT2D eigenvalue weighted by Gasteiger charge is -2.17. The fourth-order valence-corrected chi connectivity index (χ4v) is 3.96. The van der Waals surface area contributed by atoms with Gasteiger partial charge in [-0.2, -0.15) is 0 Å². The summed E-state index contributed by atoms with van der Waals surface area (Å²) in [6, 6.07) is 9.30. The predicted molar refractivity (Wildman–Crippen MR) is 96.5 cm³/mol. The van der Waals surface area contributed by atoms with Crippen molar-refractivity contribution in [2.45, 2.75) is 18.2 Å². The topological polar surface area (TPSA) is 104 Å². The first kappa shape index (κ1) is 18.8. The van der Waals surface area contributed by atoms with Crippen LogP contribution in [0.3, 0.4) is 0 Å². The molecule has 1 aliphatic rings. The Labute approximate surface area is 155 Å². The summed E-state index contributed by atoms with van der Waals surface area (Å²) < 4.78 is 40.7. The van der Waals surface area contributed by atoms with E-state index in [0.29, 0.717) is 11.3 Å². The van der Waals surface area contributed by atoms with Crippen LogP contribution in [0, 0.1) is 18.7 Å².